The van der Waals surface area contributed by atoms with Crippen LogP contribution < -0.4 is 10.5 Å². The predicted molar refractivity (Wildman–Crippen MR) is 80.1 cm³/mol. The molecule has 1 unspecified atom stereocenters. The van der Waals surface area contributed by atoms with Crippen LogP contribution in [0.2, 0.25) is 0 Å². The molecule has 117 valence electrons. The quantitative estimate of drug-likeness (QED) is 0.748. The van der Waals surface area contributed by atoms with Crippen LogP contribution in [-0.2, 0) is 32.7 Å². The number of aromatic nitrogens is 1. The SMILES string of the molecule is CC1COc2c1c[c-]nc2-c1ccc(F)cc1.CO.[CH2-]N.[Y]. The molecule has 4 nitrogen and oxygen atoms in total. The number of fused-ring (bicyclic) bond motifs is 1. The Hall–Kier alpha value is -0.876. The number of nitrogens with zero attached hydrogens (tertiary/aromatic N) is 1. The van der Waals surface area contributed by atoms with Crippen molar-refractivity contribution in [2.45, 2.75) is 12.8 Å². The first-order chi connectivity index (χ1) is 10.3. The first kappa shape index (κ1) is 21.1. The first-order valence-electron chi connectivity index (χ1n) is 6.41. The molecule has 3 rings (SSSR count). The maximum Gasteiger partial charge on any atom is 0.123 e. The van der Waals surface area contributed by atoms with Crippen molar-refractivity contribution in [3.05, 3.63) is 55.0 Å². The number of nitrogens with two attached hydrogens (primary N) is 1. The molecule has 0 amide bonds. The summed E-state index contributed by atoms with van der Waals surface area (Å²) in [7, 11) is 3.75. The number of hydrogen-bond acceptors (Lipinski definition) is 4. The molecule has 0 bridgehead atoms. The van der Waals surface area contributed by atoms with Gasteiger partial charge in [0.05, 0.1) is 6.61 Å². The summed E-state index contributed by atoms with van der Waals surface area (Å²) in [4.78, 5) is 4.21. The molecular formula is C16H19FN2O2Y-2. The van der Waals surface area contributed by atoms with Gasteiger partial charge in [0.1, 0.15) is 5.82 Å². The van der Waals surface area contributed by atoms with Gasteiger partial charge >= 0.3 is 0 Å². The fraction of sp³-hybridized carbons (Fsp3) is 0.250. The van der Waals surface area contributed by atoms with E-state index in [4.69, 9.17) is 9.84 Å². The molecule has 0 aliphatic carbocycles. The standard InChI is InChI=1S/C14H11FNO.CH4N.CH4O.Y/c1-9-8-17-14-12(9)6-7-16-13(14)10-2-4-11(15)5-3-10;2*1-2;/h2-6,9H,8H2,1H3;1-2H2;2H,1H3;/q2*-1;;. The number of aliphatic hydroxyl groups excluding tert-OH is 1. The fourth-order valence-electron chi connectivity index (χ4n) is 2.04. The van der Waals surface area contributed by atoms with Gasteiger partial charge in [0.2, 0.25) is 0 Å². The number of benzene rings is 1. The van der Waals surface area contributed by atoms with Gasteiger partial charge in [0, 0.05) is 45.6 Å². The van der Waals surface area contributed by atoms with Gasteiger partial charge in [0.25, 0.3) is 0 Å². The van der Waals surface area contributed by atoms with E-state index in [-0.39, 0.29) is 38.5 Å². The Labute approximate surface area is 155 Å². The molecule has 0 spiro atoms. The van der Waals surface area contributed by atoms with Crippen molar-refractivity contribution in [3.8, 4) is 17.0 Å². The normalized spacial score (nSPS) is 14.2. The Morgan fingerprint density at radius 1 is 1.32 bits per heavy atom. The van der Waals surface area contributed by atoms with Gasteiger partial charge < -0.3 is 20.6 Å². The summed E-state index contributed by atoms with van der Waals surface area (Å²) in [5.41, 5.74) is 6.97. The smallest absolute Gasteiger partial charge is 0.123 e. The molecule has 1 aromatic heterocycles. The van der Waals surface area contributed by atoms with Gasteiger partial charge in [0.15, 0.2) is 0 Å². The molecule has 3 N–H and O–H groups in total. The Balaban J connectivity index is 0.000000819. The van der Waals surface area contributed by atoms with Crippen LogP contribution in [0.25, 0.3) is 11.3 Å². The summed E-state index contributed by atoms with van der Waals surface area (Å²) in [6.07, 6.45) is 2.88. The third-order valence-corrected chi connectivity index (χ3v) is 3.00. The molecule has 2 heterocycles. The summed E-state index contributed by atoms with van der Waals surface area (Å²) < 4.78 is 18.5. The first-order valence-corrected chi connectivity index (χ1v) is 6.41. The number of halogens is 1. The number of pyridine rings is 1. The summed E-state index contributed by atoms with van der Waals surface area (Å²) in [6, 6.07) is 8.12. The Bertz CT molecular complexity index is 565. The van der Waals surface area contributed by atoms with E-state index in [0.29, 0.717) is 12.5 Å². The van der Waals surface area contributed by atoms with Crippen molar-refractivity contribution in [1.29, 1.82) is 0 Å². The van der Waals surface area contributed by atoms with E-state index in [1.165, 1.54) is 12.1 Å². The monoisotopic (exact) mass is 379 g/mol. The van der Waals surface area contributed by atoms with E-state index in [2.05, 4.69) is 30.9 Å². The largest absolute Gasteiger partial charge is 0.517 e. The van der Waals surface area contributed by atoms with Crippen LogP contribution >= 0.6 is 0 Å². The second-order valence-corrected chi connectivity index (χ2v) is 4.24. The van der Waals surface area contributed by atoms with E-state index in [0.717, 1.165) is 29.7 Å². The average molecular weight is 379 g/mol. The zero-order valence-corrected chi connectivity index (χ0v) is 15.6. The molecule has 22 heavy (non-hydrogen) atoms. The molecular weight excluding hydrogens is 360 g/mol. The molecule has 6 heteroatoms. The summed E-state index contributed by atoms with van der Waals surface area (Å²) in [5.74, 6) is 0.922. The second-order valence-electron chi connectivity index (χ2n) is 4.24. The van der Waals surface area contributed by atoms with Crippen molar-refractivity contribution >= 4 is 0 Å². The molecule has 1 aliphatic heterocycles. The van der Waals surface area contributed by atoms with Crippen LogP contribution in [0.3, 0.4) is 0 Å². The third kappa shape index (κ3) is 4.81. The van der Waals surface area contributed by atoms with Crippen molar-refractivity contribution in [3.63, 3.8) is 0 Å². The Morgan fingerprint density at radius 3 is 2.50 bits per heavy atom. The van der Waals surface area contributed by atoms with Crippen molar-refractivity contribution in [2.75, 3.05) is 13.7 Å². The predicted octanol–water partition coefficient (Wildman–Crippen LogP) is 2.53. The van der Waals surface area contributed by atoms with Gasteiger partial charge in [-0.25, -0.2) is 4.39 Å². The third-order valence-electron chi connectivity index (χ3n) is 3.00. The van der Waals surface area contributed by atoms with Crippen LogP contribution in [-0.4, -0.2) is 23.8 Å². The van der Waals surface area contributed by atoms with E-state index in [9.17, 15) is 4.39 Å². The minimum atomic E-state index is -0.250. The van der Waals surface area contributed by atoms with Gasteiger partial charge in [-0.3, -0.25) is 7.05 Å². The summed E-state index contributed by atoms with van der Waals surface area (Å²) in [6.45, 7) is 2.77. The number of hydrogen-bond donors (Lipinski definition) is 2. The minimum absolute atomic E-state index is 0. The number of ether oxygens (including phenoxy) is 1. The van der Waals surface area contributed by atoms with E-state index in [1.807, 2.05) is 6.07 Å². The number of rotatable bonds is 1. The topological polar surface area (TPSA) is 68.4 Å². The van der Waals surface area contributed by atoms with E-state index in [1.54, 1.807) is 12.1 Å². The molecule has 1 atom stereocenters. The molecule has 1 aliphatic rings. The maximum atomic E-state index is 12.9. The van der Waals surface area contributed by atoms with Gasteiger partial charge in [-0.05, 0) is 23.7 Å². The van der Waals surface area contributed by atoms with Crippen LogP contribution in [0.5, 0.6) is 5.75 Å². The summed E-state index contributed by atoms with van der Waals surface area (Å²) >= 11 is 0. The molecule has 1 radical (unpaired) electrons. The Kier molecular flexibility index (Phi) is 10.4. The zero-order valence-electron chi connectivity index (χ0n) is 12.7. The molecule has 0 fully saturated rings. The summed E-state index contributed by atoms with van der Waals surface area (Å²) in [5, 5.41) is 7.00. The van der Waals surface area contributed by atoms with Crippen LogP contribution in [0.4, 0.5) is 4.39 Å². The van der Waals surface area contributed by atoms with Crippen molar-refractivity contribution in [1.82, 2.24) is 4.98 Å². The second kappa shape index (κ2) is 10.8. The molecule has 2 aromatic rings. The minimum Gasteiger partial charge on any atom is -0.517 e. The molecule has 0 saturated carbocycles. The van der Waals surface area contributed by atoms with Gasteiger partial charge in [-0.1, -0.05) is 30.8 Å². The van der Waals surface area contributed by atoms with E-state index >= 15 is 0 Å². The maximum absolute atomic E-state index is 12.9. The van der Waals surface area contributed by atoms with Crippen molar-refractivity contribution < 1.29 is 46.9 Å². The van der Waals surface area contributed by atoms with Gasteiger partial charge in [-0.2, -0.15) is 6.07 Å². The zero-order chi connectivity index (χ0) is 15.8. The molecule has 1 aromatic carbocycles. The van der Waals surface area contributed by atoms with Gasteiger partial charge in [-0.15, -0.1) is 5.56 Å². The number of aliphatic hydroxyl groups is 1. The van der Waals surface area contributed by atoms with Crippen LogP contribution in [0, 0.1) is 19.1 Å². The van der Waals surface area contributed by atoms with Crippen LogP contribution in [0.1, 0.15) is 18.4 Å². The van der Waals surface area contributed by atoms with E-state index < -0.39 is 0 Å². The Morgan fingerprint density at radius 2 is 1.91 bits per heavy atom. The average Bonchev–Trinajstić information content (AvgIpc) is 2.94. The molecule has 0 saturated heterocycles. The van der Waals surface area contributed by atoms with Crippen LogP contribution in [0.15, 0.2) is 30.3 Å². The fourth-order valence-corrected chi connectivity index (χ4v) is 2.04. The van der Waals surface area contributed by atoms with Crippen molar-refractivity contribution in [2.24, 2.45) is 5.73 Å².